The summed E-state index contributed by atoms with van der Waals surface area (Å²) in [5, 5.41) is 3.56. The largest absolute Gasteiger partial charge is 0.347 e. The molecular weight excluding hydrogens is 226 g/mol. The Labute approximate surface area is 108 Å². The lowest BCUT2D eigenvalue weighted by Gasteiger charge is -2.16. The molecule has 0 saturated heterocycles. The van der Waals surface area contributed by atoms with Crippen LogP contribution < -0.4 is 11.0 Å². The van der Waals surface area contributed by atoms with Gasteiger partial charge in [0.2, 0.25) is 0 Å². The lowest BCUT2D eigenvalue weighted by molar-refractivity contribution is 0.441. The molecule has 1 aromatic rings. The minimum atomic E-state index is -0.141. The summed E-state index contributed by atoms with van der Waals surface area (Å²) in [7, 11) is 0. The predicted octanol–water partition coefficient (Wildman–Crippen LogP) is 1.86. The molecule has 1 fully saturated rings. The van der Waals surface area contributed by atoms with Gasteiger partial charge >= 0.3 is 5.69 Å². The monoisotopic (exact) mass is 249 g/mol. The highest BCUT2D eigenvalue weighted by Crippen LogP contribution is 2.16. The van der Waals surface area contributed by atoms with Crippen LogP contribution in [-0.2, 0) is 6.54 Å². The van der Waals surface area contributed by atoms with Crippen LogP contribution in [0.1, 0.15) is 44.2 Å². The molecule has 1 aliphatic carbocycles. The first-order valence-corrected chi connectivity index (χ1v) is 7.03. The maximum Gasteiger partial charge on any atom is 0.347 e. The van der Waals surface area contributed by atoms with Crippen molar-refractivity contribution in [1.82, 2.24) is 14.9 Å². The molecule has 0 atom stereocenters. The molecule has 0 aliphatic heterocycles. The molecule has 1 N–H and O–H groups in total. The van der Waals surface area contributed by atoms with Crippen LogP contribution in [0.5, 0.6) is 0 Å². The molecule has 4 nitrogen and oxygen atoms in total. The quantitative estimate of drug-likeness (QED) is 0.829. The number of aromatic nitrogens is 2. The molecule has 18 heavy (non-hydrogen) atoms. The Morgan fingerprint density at radius 3 is 2.72 bits per heavy atom. The zero-order chi connectivity index (χ0) is 12.8. The average molecular weight is 249 g/mol. The van der Waals surface area contributed by atoms with E-state index in [2.05, 4.69) is 10.3 Å². The summed E-state index contributed by atoms with van der Waals surface area (Å²) >= 11 is 0. The van der Waals surface area contributed by atoms with Crippen molar-refractivity contribution in [3.63, 3.8) is 0 Å². The average Bonchev–Trinajstić information content (AvgIpc) is 2.60. The third-order valence-corrected chi connectivity index (χ3v) is 3.65. The van der Waals surface area contributed by atoms with Gasteiger partial charge in [-0.2, -0.15) is 4.98 Å². The summed E-state index contributed by atoms with van der Waals surface area (Å²) in [6.07, 6.45) is 9.81. The molecule has 1 aliphatic rings. The van der Waals surface area contributed by atoms with Crippen LogP contribution in [0.25, 0.3) is 0 Å². The van der Waals surface area contributed by atoms with E-state index < -0.39 is 0 Å². The standard InChI is InChI=1S/C14H23N3O/c1-12-8-10-17(14(18)16-12)11-9-15-13-6-4-2-3-5-7-13/h8,10,13,15H,2-7,9,11H2,1H3. The lowest BCUT2D eigenvalue weighted by atomic mass is 10.1. The summed E-state index contributed by atoms with van der Waals surface area (Å²) in [6.45, 7) is 3.41. The number of rotatable bonds is 4. The van der Waals surface area contributed by atoms with Crippen LogP contribution in [0.15, 0.2) is 17.1 Å². The molecule has 1 heterocycles. The number of hydrogen-bond acceptors (Lipinski definition) is 3. The first kappa shape index (κ1) is 13.3. The normalized spacial score (nSPS) is 17.6. The van der Waals surface area contributed by atoms with E-state index in [0.29, 0.717) is 12.6 Å². The second kappa shape index (κ2) is 6.69. The van der Waals surface area contributed by atoms with Gasteiger partial charge in [-0.05, 0) is 25.8 Å². The third-order valence-electron chi connectivity index (χ3n) is 3.65. The van der Waals surface area contributed by atoms with Gasteiger partial charge in [-0.15, -0.1) is 0 Å². The fourth-order valence-electron chi connectivity index (χ4n) is 2.56. The van der Waals surface area contributed by atoms with E-state index in [9.17, 15) is 4.79 Å². The Kier molecular flexibility index (Phi) is 4.93. The number of aryl methyl sites for hydroxylation is 1. The molecule has 0 bridgehead atoms. The van der Waals surface area contributed by atoms with Crippen molar-refractivity contribution in [3.8, 4) is 0 Å². The van der Waals surface area contributed by atoms with Crippen LogP contribution in [0, 0.1) is 6.92 Å². The summed E-state index contributed by atoms with van der Waals surface area (Å²) in [5.74, 6) is 0. The smallest absolute Gasteiger partial charge is 0.312 e. The Balaban J connectivity index is 1.79. The van der Waals surface area contributed by atoms with Gasteiger partial charge in [-0.3, -0.25) is 4.57 Å². The predicted molar refractivity (Wildman–Crippen MR) is 72.7 cm³/mol. The van der Waals surface area contributed by atoms with Crippen LogP contribution in [0.4, 0.5) is 0 Å². The van der Waals surface area contributed by atoms with Gasteiger partial charge in [-0.25, -0.2) is 4.79 Å². The third kappa shape index (κ3) is 3.95. The number of hydrogen-bond donors (Lipinski definition) is 1. The van der Waals surface area contributed by atoms with Gasteiger partial charge in [0, 0.05) is 31.0 Å². The first-order chi connectivity index (χ1) is 8.75. The highest BCUT2D eigenvalue weighted by molar-refractivity contribution is 4.95. The summed E-state index contributed by atoms with van der Waals surface area (Å²) in [4.78, 5) is 15.5. The topological polar surface area (TPSA) is 46.9 Å². The van der Waals surface area contributed by atoms with Crippen LogP contribution in [0.2, 0.25) is 0 Å². The fourth-order valence-corrected chi connectivity index (χ4v) is 2.56. The van der Waals surface area contributed by atoms with Crippen molar-refractivity contribution in [2.75, 3.05) is 6.54 Å². The van der Waals surface area contributed by atoms with E-state index in [1.54, 1.807) is 4.57 Å². The molecule has 4 heteroatoms. The van der Waals surface area contributed by atoms with Gasteiger partial charge in [0.25, 0.3) is 0 Å². The molecule has 0 radical (unpaired) electrons. The van der Waals surface area contributed by atoms with E-state index in [1.807, 2.05) is 19.2 Å². The van der Waals surface area contributed by atoms with Crippen LogP contribution in [-0.4, -0.2) is 22.1 Å². The summed E-state index contributed by atoms with van der Waals surface area (Å²) in [6, 6.07) is 2.52. The summed E-state index contributed by atoms with van der Waals surface area (Å²) in [5.41, 5.74) is 0.644. The summed E-state index contributed by atoms with van der Waals surface area (Å²) < 4.78 is 1.68. The Bertz CT molecular complexity index is 419. The Morgan fingerprint density at radius 2 is 2.06 bits per heavy atom. The highest BCUT2D eigenvalue weighted by Gasteiger charge is 2.10. The van der Waals surface area contributed by atoms with Crippen LogP contribution in [0.3, 0.4) is 0 Å². The molecule has 0 spiro atoms. The van der Waals surface area contributed by atoms with Gasteiger partial charge in [0.1, 0.15) is 0 Å². The van der Waals surface area contributed by atoms with Gasteiger partial charge in [0.05, 0.1) is 0 Å². The van der Waals surface area contributed by atoms with Crippen LogP contribution >= 0.6 is 0 Å². The fraction of sp³-hybridized carbons (Fsp3) is 0.714. The number of nitrogens with zero attached hydrogens (tertiary/aromatic N) is 2. The van der Waals surface area contributed by atoms with E-state index in [1.165, 1.54) is 38.5 Å². The molecule has 0 amide bonds. The van der Waals surface area contributed by atoms with Crippen molar-refractivity contribution in [3.05, 3.63) is 28.4 Å². The van der Waals surface area contributed by atoms with Gasteiger partial charge in [-0.1, -0.05) is 25.7 Å². The van der Waals surface area contributed by atoms with E-state index >= 15 is 0 Å². The second-order valence-corrected chi connectivity index (χ2v) is 5.19. The highest BCUT2D eigenvalue weighted by atomic mass is 16.1. The zero-order valence-electron chi connectivity index (χ0n) is 11.2. The molecule has 1 aromatic heterocycles. The van der Waals surface area contributed by atoms with E-state index in [4.69, 9.17) is 0 Å². The molecule has 100 valence electrons. The molecular formula is C14H23N3O. The number of nitrogens with one attached hydrogen (secondary N) is 1. The first-order valence-electron chi connectivity index (χ1n) is 7.03. The second-order valence-electron chi connectivity index (χ2n) is 5.19. The van der Waals surface area contributed by atoms with Crippen molar-refractivity contribution in [2.45, 2.75) is 58.0 Å². The van der Waals surface area contributed by atoms with E-state index in [-0.39, 0.29) is 5.69 Å². The van der Waals surface area contributed by atoms with Crippen molar-refractivity contribution >= 4 is 0 Å². The molecule has 0 aromatic carbocycles. The minimum absolute atomic E-state index is 0.141. The Hall–Kier alpha value is -1.16. The molecule has 0 unspecified atom stereocenters. The molecule has 1 saturated carbocycles. The Morgan fingerprint density at radius 1 is 1.33 bits per heavy atom. The van der Waals surface area contributed by atoms with Crippen molar-refractivity contribution < 1.29 is 0 Å². The van der Waals surface area contributed by atoms with Crippen molar-refractivity contribution in [2.24, 2.45) is 0 Å². The maximum absolute atomic E-state index is 11.6. The maximum atomic E-state index is 11.6. The SMILES string of the molecule is Cc1ccn(CCNC2CCCCCC2)c(=O)n1. The van der Waals surface area contributed by atoms with Gasteiger partial charge in [0.15, 0.2) is 0 Å². The lowest BCUT2D eigenvalue weighted by Crippen LogP contribution is -2.34. The minimum Gasteiger partial charge on any atom is -0.312 e. The molecule has 2 rings (SSSR count). The van der Waals surface area contributed by atoms with E-state index in [0.717, 1.165) is 12.2 Å². The van der Waals surface area contributed by atoms with Crippen molar-refractivity contribution in [1.29, 1.82) is 0 Å². The van der Waals surface area contributed by atoms with Gasteiger partial charge < -0.3 is 5.32 Å². The zero-order valence-corrected chi connectivity index (χ0v) is 11.2.